The van der Waals surface area contributed by atoms with Crippen molar-refractivity contribution in [2.75, 3.05) is 13.2 Å². The van der Waals surface area contributed by atoms with E-state index in [0.29, 0.717) is 32.5 Å². The molecule has 1 aliphatic heterocycles. The van der Waals surface area contributed by atoms with E-state index < -0.39 is 11.4 Å². The third kappa shape index (κ3) is 2.39. The molecule has 1 aromatic carbocycles. The molecule has 1 saturated heterocycles. The maximum Gasteiger partial charge on any atom is 0.310 e. The molecular formula is C16H17NO3. The number of nitrogens with zero attached hydrogens (tertiary/aromatic N) is 1. The molecule has 4 heteroatoms. The van der Waals surface area contributed by atoms with E-state index in [4.69, 9.17) is 4.74 Å². The minimum atomic E-state index is -0.716. The molecule has 3 rings (SSSR count). The summed E-state index contributed by atoms with van der Waals surface area (Å²) in [7, 11) is 0. The topological polar surface area (TPSA) is 59.4 Å². The Kier molecular flexibility index (Phi) is 3.40. The second kappa shape index (κ2) is 5.21. The van der Waals surface area contributed by atoms with Gasteiger partial charge in [-0.15, -0.1) is 0 Å². The highest BCUT2D eigenvalue weighted by molar-refractivity contribution is 5.80. The van der Waals surface area contributed by atoms with Gasteiger partial charge in [-0.3, -0.25) is 9.78 Å². The van der Waals surface area contributed by atoms with Crippen LogP contribution in [0.4, 0.5) is 0 Å². The number of hydrogen-bond donors (Lipinski definition) is 1. The van der Waals surface area contributed by atoms with Crippen LogP contribution in [-0.2, 0) is 16.0 Å². The standard InChI is InChI=1S/C16H17NO3/c18-15(19)16(5-8-20-9-6-16)11-12-3-4-14-13(10-12)2-1-7-17-14/h1-4,7,10H,5-6,8-9,11H2,(H,18,19). The third-order valence-electron chi connectivity index (χ3n) is 4.11. The molecule has 0 radical (unpaired) electrons. The van der Waals surface area contributed by atoms with E-state index in [0.717, 1.165) is 16.5 Å². The summed E-state index contributed by atoms with van der Waals surface area (Å²) >= 11 is 0. The first-order valence-electron chi connectivity index (χ1n) is 6.84. The molecule has 104 valence electrons. The highest BCUT2D eigenvalue weighted by atomic mass is 16.5. The Morgan fingerprint density at radius 2 is 2.10 bits per heavy atom. The second-order valence-corrected chi connectivity index (χ2v) is 5.41. The van der Waals surface area contributed by atoms with Gasteiger partial charge in [0.1, 0.15) is 0 Å². The van der Waals surface area contributed by atoms with E-state index >= 15 is 0 Å². The Hall–Kier alpha value is -1.94. The number of carbonyl (C=O) groups is 1. The molecule has 0 saturated carbocycles. The number of carboxylic acid groups (broad SMARTS) is 1. The van der Waals surface area contributed by atoms with Gasteiger partial charge in [0.15, 0.2) is 0 Å². The number of aliphatic carboxylic acids is 1. The molecule has 1 aromatic heterocycles. The van der Waals surface area contributed by atoms with Crippen LogP contribution in [0.2, 0.25) is 0 Å². The molecule has 0 atom stereocenters. The van der Waals surface area contributed by atoms with Crippen molar-refractivity contribution in [3.8, 4) is 0 Å². The lowest BCUT2D eigenvalue weighted by Gasteiger charge is -2.33. The first-order valence-corrected chi connectivity index (χ1v) is 6.84. The minimum Gasteiger partial charge on any atom is -0.481 e. The first-order chi connectivity index (χ1) is 9.70. The van der Waals surface area contributed by atoms with E-state index in [-0.39, 0.29) is 0 Å². The SMILES string of the molecule is O=C(O)C1(Cc2ccc3ncccc3c2)CCOCC1. The summed E-state index contributed by atoms with van der Waals surface area (Å²) < 4.78 is 5.31. The highest BCUT2D eigenvalue weighted by Gasteiger charge is 2.40. The smallest absolute Gasteiger partial charge is 0.310 e. The average Bonchev–Trinajstić information content (AvgIpc) is 2.48. The van der Waals surface area contributed by atoms with Crippen LogP contribution >= 0.6 is 0 Å². The number of aromatic nitrogens is 1. The van der Waals surface area contributed by atoms with Crippen LogP contribution in [0.3, 0.4) is 0 Å². The maximum absolute atomic E-state index is 11.7. The Morgan fingerprint density at radius 3 is 2.85 bits per heavy atom. The molecule has 2 aromatic rings. The van der Waals surface area contributed by atoms with Crippen molar-refractivity contribution in [1.29, 1.82) is 0 Å². The molecule has 20 heavy (non-hydrogen) atoms. The summed E-state index contributed by atoms with van der Waals surface area (Å²) in [6.07, 6.45) is 3.47. The van der Waals surface area contributed by atoms with Gasteiger partial charge in [0.2, 0.25) is 0 Å². The molecule has 2 heterocycles. The van der Waals surface area contributed by atoms with Crippen LogP contribution in [-0.4, -0.2) is 29.3 Å². The maximum atomic E-state index is 11.7. The van der Waals surface area contributed by atoms with Crippen LogP contribution in [0.1, 0.15) is 18.4 Å². The summed E-state index contributed by atoms with van der Waals surface area (Å²) in [5.74, 6) is -0.716. The van der Waals surface area contributed by atoms with E-state index in [1.165, 1.54) is 0 Å². The fraction of sp³-hybridized carbons (Fsp3) is 0.375. The zero-order valence-electron chi connectivity index (χ0n) is 11.2. The van der Waals surface area contributed by atoms with E-state index in [1.807, 2.05) is 30.3 Å². The van der Waals surface area contributed by atoms with Gasteiger partial charge in [0.05, 0.1) is 10.9 Å². The summed E-state index contributed by atoms with van der Waals surface area (Å²) in [6.45, 7) is 1.06. The van der Waals surface area contributed by atoms with Gasteiger partial charge < -0.3 is 9.84 Å². The van der Waals surface area contributed by atoms with Crippen LogP contribution in [0, 0.1) is 5.41 Å². The summed E-state index contributed by atoms with van der Waals surface area (Å²) in [6, 6.07) is 9.88. The molecule has 1 N–H and O–H groups in total. The fourth-order valence-electron chi connectivity index (χ4n) is 2.85. The number of carboxylic acids is 1. The Balaban J connectivity index is 1.92. The van der Waals surface area contributed by atoms with E-state index in [2.05, 4.69) is 4.98 Å². The minimum absolute atomic E-state index is 0.529. The fourth-order valence-corrected chi connectivity index (χ4v) is 2.85. The van der Waals surface area contributed by atoms with Crippen LogP contribution in [0.15, 0.2) is 36.5 Å². The molecule has 1 fully saturated rings. The van der Waals surface area contributed by atoms with E-state index in [1.54, 1.807) is 6.20 Å². The van der Waals surface area contributed by atoms with Crippen molar-refractivity contribution in [1.82, 2.24) is 4.98 Å². The van der Waals surface area contributed by atoms with Crippen LogP contribution in [0.5, 0.6) is 0 Å². The third-order valence-corrected chi connectivity index (χ3v) is 4.11. The van der Waals surface area contributed by atoms with Gasteiger partial charge in [0.25, 0.3) is 0 Å². The number of ether oxygens (including phenoxy) is 1. The zero-order valence-corrected chi connectivity index (χ0v) is 11.2. The monoisotopic (exact) mass is 271 g/mol. The molecular weight excluding hydrogens is 254 g/mol. The van der Waals surface area contributed by atoms with Gasteiger partial charge in [0, 0.05) is 24.8 Å². The lowest BCUT2D eigenvalue weighted by molar-refractivity contribution is -0.154. The number of rotatable bonds is 3. The highest BCUT2D eigenvalue weighted by Crippen LogP contribution is 2.35. The van der Waals surface area contributed by atoms with Crippen LogP contribution < -0.4 is 0 Å². The summed E-state index contributed by atoms with van der Waals surface area (Å²) in [5.41, 5.74) is 1.30. The molecule has 0 bridgehead atoms. The molecule has 0 aliphatic carbocycles. The second-order valence-electron chi connectivity index (χ2n) is 5.41. The average molecular weight is 271 g/mol. The van der Waals surface area contributed by atoms with Gasteiger partial charge in [-0.1, -0.05) is 12.1 Å². The summed E-state index contributed by atoms with van der Waals surface area (Å²) in [4.78, 5) is 16.0. The van der Waals surface area contributed by atoms with E-state index in [9.17, 15) is 9.90 Å². The molecule has 0 unspecified atom stereocenters. The van der Waals surface area contributed by atoms with Gasteiger partial charge >= 0.3 is 5.97 Å². The number of hydrogen-bond acceptors (Lipinski definition) is 3. The Bertz CT molecular complexity index is 632. The van der Waals surface area contributed by atoms with Gasteiger partial charge in [-0.2, -0.15) is 0 Å². The lowest BCUT2D eigenvalue weighted by Crippen LogP contribution is -2.39. The number of pyridine rings is 1. The predicted molar refractivity (Wildman–Crippen MR) is 75.6 cm³/mol. The molecule has 0 spiro atoms. The van der Waals surface area contributed by atoms with Crippen molar-refractivity contribution in [3.63, 3.8) is 0 Å². The molecule has 0 amide bonds. The zero-order chi connectivity index (χ0) is 14.0. The number of fused-ring (bicyclic) bond motifs is 1. The van der Waals surface area contributed by atoms with Crippen molar-refractivity contribution in [2.24, 2.45) is 5.41 Å². The normalized spacial score (nSPS) is 18.0. The van der Waals surface area contributed by atoms with Crippen molar-refractivity contribution >= 4 is 16.9 Å². The van der Waals surface area contributed by atoms with Gasteiger partial charge in [-0.05, 0) is 43.0 Å². The van der Waals surface area contributed by atoms with Crippen LogP contribution in [0.25, 0.3) is 10.9 Å². The Labute approximate surface area is 117 Å². The largest absolute Gasteiger partial charge is 0.481 e. The van der Waals surface area contributed by atoms with Crippen molar-refractivity contribution < 1.29 is 14.6 Å². The predicted octanol–water partition coefficient (Wildman–Crippen LogP) is 2.66. The van der Waals surface area contributed by atoms with Crippen molar-refractivity contribution in [3.05, 3.63) is 42.1 Å². The molecule has 4 nitrogen and oxygen atoms in total. The van der Waals surface area contributed by atoms with Gasteiger partial charge in [-0.25, -0.2) is 0 Å². The molecule has 1 aliphatic rings. The lowest BCUT2D eigenvalue weighted by atomic mass is 9.75. The quantitative estimate of drug-likeness (QED) is 0.932. The first kappa shape index (κ1) is 13.1. The van der Waals surface area contributed by atoms with Crippen molar-refractivity contribution in [2.45, 2.75) is 19.3 Å². The number of benzene rings is 1. The Morgan fingerprint density at radius 1 is 1.30 bits per heavy atom. The summed E-state index contributed by atoms with van der Waals surface area (Å²) in [5, 5.41) is 10.6.